The van der Waals surface area contributed by atoms with Crippen LogP contribution in [0, 0.1) is 13.8 Å². The smallest absolute Gasteiger partial charge is 0.307 e. The number of carbonyl (C=O) groups is 2. The van der Waals surface area contributed by atoms with Crippen LogP contribution in [0.15, 0.2) is 60.0 Å². The number of aromatic nitrogens is 3. The van der Waals surface area contributed by atoms with E-state index in [4.69, 9.17) is 0 Å². The van der Waals surface area contributed by atoms with Gasteiger partial charge in [0.05, 0.1) is 5.75 Å². The van der Waals surface area contributed by atoms with E-state index in [2.05, 4.69) is 20.8 Å². The summed E-state index contributed by atoms with van der Waals surface area (Å²) in [6.07, 6.45) is 1.59. The van der Waals surface area contributed by atoms with Crippen LogP contribution in [0.5, 0.6) is 0 Å². The molecule has 0 saturated heterocycles. The molecule has 3 amide bonds. The number of hydrogen-bond acceptors (Lipinski definition) is 5. The molecule has 7 nitrogen and oxygen atoms in total. The number of benzene rings is 2. The molecule has 0 atom stereocenters. The summed E-state index contributed by atoms with van der Waals surface area (Å²) >= 11 is 1.21. The lowest BCUT2D eigenvalue weighted by molar-refractivity contribution is -0.117. The maximum atomic E-state index is 12.1. The predicted octanol–water partition coefficient (Wildman–Crippen LogP) is 3.32. The van der Waals surface area contributed by atoms with E-state index < -0.39 is 11.9 Å². The molecule has 1 heterocycles. The number of rotatable bonds is 5. The van der Waals surface area contributed by atoms with E-state index in [0.29, 0.717) is 10.8 Å². The number of hydrogen-bond donors (Lipinski definition) is 2. The Labute approximate surface area is 161 Å². The van der Waals surface area contributed by atoms with Crippen molar-refractivity contribution in [1.29, 1.82) is 0 Å². The SMILES string of the molecule is Cc1cccc(NC(=O)NC(=O)CSc2nncn2-c2ccccc2)c1C. The van der Waals surface area contributed by atoms with Gasteiger partial charge in [0.25, 0.3) is 0 Å². The number of anilines is 1. The minimum absolute atomic E-state index is 0.0474. The molecule has 8 heteroatoms. The van der Waals surface area contributed by atoms with Crippen molar-refractivity contribution in [3.63, 3.8) is 0 Å². The van der Waals surface area contributed by atoms with Gasteiger partial charge in [-0.2, -0.15) is 0 Å². The molecule has 2 N–H and O–H groups in total. The van der Waals surface area contributed by atoms with E-state index in [0.717, 1.165) is 16.8 Å². The number of aryl methyl sites for hydroxylation is 1. The Hall–Kier alpha value is -3.13. The molecule has 0 fully saturated rings. The molecule has 0 saturated carbocycles. The Balaban J connectivity index is 1.55. The molecule has 0 bridgehead atoms. The summed E-state index contributed by atoms with van der Waals surface area (Å²) in [7, 11) is 0. The molecule has 0 unspecified atom stereocenters. The van der Waals surface area contributed by atoms with Gasteiger partial charge in [0, 0.05) is 11.4 Å². The molecule has 0 aliphatic heterocycles. The number of imide groups is 1. The molecule has 2 aromatic carbocycles. The van der Waals surface area contributed by atoms with Crippen LogP contribution in [0.4, 0.5) is 10.5 Å². The van der Waals surface area contributed by atoms with Gasteiger partial charge in [-0.25, -0.2) is 4.79 Å². The zero-order chi connectivity index (χ0) is 19.2. The van der Waals surface area contributed by atoms with Crippen LogP contribution < -0.4 is 10.6 Å². The second kappa shape index (κ2) is 8.50. The predicted molar refractivity (Wildman–Crippen MR) is 105 cm³/mol. The highest BCUT2D eigenvalue weighted by Crippen LogP contribution is 2.19. The maximum Gasteiger partial charge on any atom is 0.325 e. The lowest BCUT2D eigenvalue weighted by Gasteiger charge is -2.11. The summed E-state index contributed by atoms with van der Waals surface area (Å²) in [4.78, 5) is 24.1. The first-order valence-corrected chi connectivity index (χ1v) is 9.28. The third-order valence-electron chi connectivity index (χ3n) is 3.99. The third kappa shape index (κ3) is 4.73. The summed E-state index contributed by atoms with van der Waals surface area (Å²) < 4.78 is 1.79. The highest BCUT2D eigenvalue weighted by atomic mass is 32.2. The fourth-order valence-corrected chi connectivity index (χ4v) is 3.15. The number of nitrogens with one attached hydrogen (secondary N) is 2. The zero-order valence-corrected chi connectivity index (χ0v) is 15.8. The van der Waals surface area contributed by atoms with Crippen LogP contribution in [-0.2, 0) is 4.79 Å². The Kier molecular flexibility index (Phi) is 5.87. The van der Waals surface area contributed by atoms with Gasteiger partial charge in [0.2, 0.25) is 5.91 Å². The maximum absolute atomic E-state index is 12.1. The average molecular weight is 381 g/mol. The van der Waals surface area contributed by atoms with E-state index in [-0.39, 0.29) is 5.75 Å². The molecular weight excluding hydrogens is 362 g/mol. The van der Waals surface area contributed by atoms with E-state index >= 15 is 0 Å². The van der Waals surface area contributed by atoms with E-state index in [1.807, 2.05) is 56.3 Å². The van der Waals surface area contributed by atoms with Gasteiger partial charge >= 0.3 is 6.03 Å². The van der Waals surface area contributed by atoms with Crippen molar-refractivity contribution >= 4 is 29.4 Å². The van der Waals surface area contributed by atoms with Gasteiger partial charge in [-0.1, -0.05) is 42.1 Å². The fraction of sp³-hybridized carbons (Fsp3) is 0.158. The van der Waals surface area contributed by atoms with E-state index in [1.54, 1.807) is 17.0 Å². The average Bonchev–Trinajstić information content (AvgIpc) is 3.13. The largest absolute Gasteiger partial charge is 0.325 e. The first-order valence-electron chi connectivity index (χ1n) is 8.30. The van der Waals surface area contributed by atoms with Crippen molar-refractivity contribution in [2.24, 2.45) is 0 Å². The molecule has 0 aliphatic carbocycles. The molecule has 3 aromatic rings. The Bertz CT molecular complexity index is 956. The fourth-order valence-electron chi connectivity index (χ4n) is 2.42. The Morgan fingerprint density at radius 1 is 1.07 bits per heavy atom. The number of nitrogens with zero attached hydrogens (tertiary/aromatic N) is 3. The summed E-state index contributed by atoms with van der Waals surface area (Å²) in [5, 5.41) is 13.5. The lowest BCUT2D eigenvalue weighted by atomic mass is 10.1. The van der Waals surface area contributed by atoms with Gasteiger partial charge in [0.15, 0.2) is 5.16 Å². The Morgan fingerprint density at radius 2 is 1.85 bits per heavy atom. The number of para-hydroxylation sites is 1. The van der Waals surface area contributed by atoms with Crippen molar-refractivity contribution in [2.45, 2.75) is 19.0 Å². The number of carbonyl (C=O) groups excluding carboxylic acids is 2. The Morgan fingerprint density at radius 3 is 2.63 bits per heavy atom. The van der Waals surface area contributed by atoms with Gasteiger partial charge in [-0.3, -0.25) is 14.7 Å². The first kappa shape index (κ1) is 18.7. The lowest BCUT2D eigenvalue weighted by Crippen LogP contribution is -2.35. The van der Waals surface area contributed by atoms with Gasteiger partial charge < -0.3 is 5.32 Å². The number of urea groups is 1. The van der Waals surface area contributed by atoms with E-state index in [1.165, 1.54) is 11.8 Å². The van der Waals surface area contributed by atoms with E-state index in [9.17, 15) is 9.59 Å². The van der Waals surface area contributed by atoms with Crippen molar-refractivity contribution < 1.29 is 9.59 Å². The van der Waals surface area contributed by atoms with Gasteiger partial charge in [-0.05, 0) is 43.2 Å². The number of thioether (sulfide) groups is 1. The van der Waals surface area contributed by atoms with Crippen LogP contribution in [0.3, 0.4) is 0 Å². The molecule has 1 aromatic heterocycles. The molecule has 27 heavy (non-hydrogen) atoms. The van der Waals surface area contributed by atoms with Crippen LogP contribution in [0.25, 0.3) is 5.69 Å². The molecule has 0 aliphatic rings. The highest BCUT2D eigenvalue weighted by molar-refractivity contribution is 7.99. The van der Waals surface area contributed by atoms with Crippen LogP contribution >= 0.6 is 11.8 Å². The van der Waals surface area contributed by atoms with Crippen LogP contribution in [0.2, 0.25) is 0 Å². The van der Waals surface area contributed by atoms with Crippen molar-refractivity contribution in [2.75, 3.05) is 11.1 Å². The summed E-state index contributed by atoms with van der Waals surface area (Å²) in [5.41, 5.74) is 3.61. The topological polar surface area (TPSA) is 88.9 Å². The van der Waals surface area contributed by atoms with Gasteiger partial charge in [0.1, 0.15) is 6.33 Å². The molecule has 138 valence electrons. The summed E-state index contributed by atoms with van der Waals surface area (Å²) in [5.74, 6) is -0.364. The zero-order valence-electron chi connectivity index (χ0n) is 15.0. The first-order chi connectivity index (χ1) is 13.0. The minimum Gasteiger partial charge on any atom is -0.307 e. The summed E-state index contributed by atoms with van der Waals surface area (Å²) in [6, 6.07) is 14.6. The summed E-state index contributed by atoms with van der Waals surface area (Å²) in [6.45, 7) is 3.88. The second-order valence-electron chi connectivity index (χ2n) is 5.86. The molecule has 0 spiro atoms. The molecule has 3 rings (SSSR count). The highest BCUT2D eigenvalue weighted by Gasteiger charge is 2.13. The standard InChI is InChI=1S/C19H19N5O2S/c1-13-7-6-10-16(14(13)2)21-18(26)22-17(25)11-27-19-23-20-12-24(19)15-8-4-3-5-9-15/h3-10,12H,11H2,1-2H3,(H2,21,22,25,26). The minimum atomic E-state index is -0.557. The molecular formula is C19H19N5O2S. The van der Waals surface area contributed by atoms with Crippen molar-refractivity contribution in [1.82, 2.24) is 20.1 Å². The third-order valence-corrected chi connectivity index (χ3v) is 4.93. The van der Waals surface area contributed by atoms with Gasteiger partial charge in [-0.15, -0.1) is 10.2 Å². The van der Waals surface area contributed by atoms with Crippen LogP contribution in [-0.4, -0.2) is 32.5 Å². The normalized spacial score (nSPS) is 10.4. The number of amides is 3. The van der Waals surface area contributed by atoms with Crippen molar-refractivity contribution in [3.8, 4) is 5.69 Å². The monoisotopic (exact) mass is 381 g/mol. The van der Waals surface area contributed by atoms with Crippen LogP contribution in [0.1, 0.15) is 11.1 Å². The molecule has 0 radical (unpaired) electrons. The van der Waals surface area contributed by atoms with Crippen molar-refractivity contribution in [3.05, 3.63) is 66.0 Å². The second-order valence-corrected chi connectivity index (χ2v) is 6.80. The quantitative estimate of drug-likeness (QED) is 0.662.